The van der Waals surface area contributed by atoms with E-state index in [4.69, 9.17) is 0 Å². The van der Waals surface area contributed by atoms with Gasteiger partial charge in [0, 0.05) is 12.1 Å². The number of amides is 1. The first-order valence-corrected chi connectivity index (χ1v) is 6.52. The van der Waals surface area contributed by atoms with Gasteiger partial charge in [0.05, 0.1) is 10.1 Å². The lowest BCUT2D eigenvalue weighted by molar-refractivity contribution is 0.0142. The summed E-state index contributed by atoms with van der Waals surface area (Å²) in [7, 11) is 0. The van der Waals surface area contributed by atoms with Crippen LogP contribution in [0.15, 0.2) is 22.7 Å². The summed E-state index contributed by atoms with van der Waals surface area (Å²) in [6.07, 6.45) is 0. The molecule has 0 saturated heterocycles. The third-order valence-corrected chi connectivity index (χ3v) is 3.73. The number of rotatable bonds is 4. The molecule has 0 aromatic heterocycles. The van der Waals surface area contributed by atoms with Crippen molar-refractivity contribution in [3.63, 3.8) is 0 Å². The number of carbonyl (C=O) groups is 1. The molecule has 3 N–H and O–H groups in total. The number of phenols is 1. The number of halogens is 1. The van der Waals surface area contributed by atoms with Gasteiger partial charge in [-0.1, -0.05) is 13.8 Å². The van der Waals surface area contributed by atoms with E-state index in [-0.39, 0.29) is 24.1 Å². The van der Waals surface area contributed by atoms with Gasteiger partial charge in [-0.25, -0.2) is 0 Å². The minimum Gasteiger partial charge on any atom is -0.507 e. The third kappa shape index (κ3) is 3.71. The van der Waals surface area contributed by atoms with Gasteiger partial charge >= 0.3 is 0 Å². The van der Waals surface area contributed by atoms with Crippen LogP contribution in [0, 0.1) is 5.92 Å². The van der Waals surface area contributed by atoms with Crippen LogP contribution in [0.4, 0.5) is 0 Å². The first kappa shape index (κ1) is 15.0. The fraction of sp³-hybridized carbons (Fsp3) is 0.462. The average molecular weight is 316 g/mol. The Kier molecular flexibility index (Phi) is 4.76. The Bertz CT molecular complexity index is 444. The maximum absolute atomic E-state index is 11.8. The zero-order valence-corrected chi connectivity index (χ0v) is 12.3. The van der Waals surface area contributed by atoms with Crippen LogP contribution in [0.2, 0.25) is 0 Å². The van der Waals surface area contributed by atoms with E-state index in [1.807, 2.05) is 13.8 Å². The van der Waals surface area contributed by atoms with Crippen LogP contribution in [0.25, 0.3) is 0 Å². The first-order valence-electron chi connectivity index (χ1n) is 5.73. The molecule has 4 nitrogen and oxygen atoms in total. The van der Waals surface area contributed by atoms with E-state index in [2.05, 4.69) is 21.2 Å². The van der Waals surface area contributed by atoms with Gasteiger partial charge in [0.1, 0.15) is 5.75 Å². The lowest BCUT2D eigenvalue weighted by Gasteiger charge is -2.27. The molecule has 1 aromatic rings. The van der Waals surface area contributed by atoms with E-state index < -0.39 is 5.60 Å². The molecule has 1 aromatic carbocycles. The van der Waals surface area contributed by atoms with Crippen molar-refractivity contribution in [2.24, 2.45) is 5.92 Å². The summed E-state index contributed by atoms with van der Waals surface area (Å²) in [6, 6.07) is 4.58. The second-order valence-corrected chi connectivity index (χ2v) is 5.72. The minimum absolute atomic E-state index is 0.0123. The fourth-order valence-corrected chi connectivity index (χ4v) is 1.47. The van der Waals surface area contributed by atoms with E-state index in [1.165, 1.54) is 6.07 Å². The fourth-order valence-electron chi connectivity index (χ4n) is 1.22. The Morgan fingerprint density at radius 3 is 2.61 bits per heavy atom. The number of benzene rings is 1. The summed E-state index contributed by atoms with van der Waals surface area (Å²) in [5.41, 5.74) is -0.595. The quantitative estimate of drug-likeness (QED) is 0.798. The second-order valence-electron chi connectivity index (χ2n) is 4.86. The highest BCUT2D eigenvalue weighted by atomic mass is 79.9. The summed E-state index contributed by atoms with van der Waals surface area (Å²) in [5.74, 6) is -0.270. The van der Waals surface area contributed by atoms with Gasteiger partial charge in [-0.05, 0) is 47.0 Å². The molecule has 1 rings (SSSR count). The van der Waals surface area contributed by atoms with Crippen molar-refractivity contribution in [2.75, 3.05) is 6.54 Å². The standard InChI is InChI=1S/C13H18BrNO3/c1-8(2)13(3,18)7-15-12(17)9-4-5-10(14)11(16)6-9/h4-6,8,16,18H,7H2,1-3H3,(H,15,17). The molecule has 100 valence electrons. The summed E-state index contributed by atoms with van der Waals surface area (Å²) in [5, 5.41) is 22.2. The van der Waals surface area contributed by atoms with Crippen LogP contribution >= 0.6 is 15.9 Å². The van der Waals surface area contributed by atoms with Crippen molar-refractivity contribution in [3.8, 4) is 5.75 Å². The number of hydrogen-bond donors (Lipinski definition) is 3. The molecule has 0 aliphatic heterocycles. The molecular formula is C13H18BrNO3. The monoisotopic (exact) mass is 315 g/mol. The van der Waals surface area contributed by atoms with Crippen LogP contribution < -0.4 is 5.32 Å². The van der Waals surface area contributed by atoms with Gasteiger partial charge in [0.25, 0.3) is 5.91 Å². The predicted octanol–water partition coefficient (Wildman–Crippen LogP) is 2.29. The molecule has 0 saturated carbocycles. The molecular weight excluding hydrogens is 298 g/mol. The Hall–Kier alpha value is -1.07. The van der Waals surface area contributed by atoms with Crippen molar-refractivity contribution < 1.29 is 15.0 Å². The number of carbonyl (C=O) groups excluding carboxylic acids is 1. The molecule has 1 unspecified atom stereocenters. The van der Waals surface area contributed by atoms with Crippen LogP contribution in [0.1, 0.15) is 31.1 Å². The predicted molar refractivity (Wildman–Crippen MR) is 73.6 cm³/mol. The van der Waals surface area contributed by atoms with Gasteiger partial charge < -0.3 is 15.5 Å². The van der Waals surface area contributed by atoms with E-state index in [1.54, 1.807) is 19.1 Å². The number of aliphatic hydroxyl groups is 1. The van der Waals surface area contributed by atoms with Crippen molar-refractivity contribution in [1.29, 1.82) is 0 Å². The van der Waals surface area contributed by atoms with Gasteiger partial charge in [-0.3, -0.25) is 4.79 Å². The zero-order valence-electron chi connectivity index (χ0n) is 10.7. The lowest BCUT2D eigenvalue weighted by atomic mass is 9.92. The van der Waals surface area contributed by atoms with Crippen LogP contribution in [-0.4, -0.2) is 28.3 Å². The molecule has 0 heterocycles. The smallest absolute Gasteiger partial charge is 0.251 e. The van der Waals surface area contributed by atoms with Crippen molar-refractivity contribution in [1.82, 2.24) is 5.32 Å². The molecule has 18 heavy (non-hydrogen) atoms. The molecule has 5 heteroatoms. The lowest BCUT2D eigenvalue weighted by Crippen LogP contribution is -2.44. The van der Waals surface area contributed by atoms with Crippen LogP contribution in [0.5, 0.6) is 5.75 Å². The Morgan fingerprint density at radius 2 is 2.11 bits per heavy atom. The largest absolute Gasteiger partial charge is 0.507 e. The van der Waals surface area contributed by atoms with Gasteiger partial charge in [-0.2, -0.15) is 0 Å². The molecule has 0 spiro atoms. The zero-order chi connectivity index (χ0) is 13.9. The maximum Gasteiger partial charge on any atom is 0.251 e. The summed E-state index contributed by atoms with van der Waals surface area (Å²) >= 11 is 3.15. The van der Waals surface area contributed by atoms with Crippen molar-refractivity contribution >= 4 is 21.8 Å². The number of aromatic hydroxyl groups is 1. The SMILES string of the molecule is CC(C)C(C)(O)CNC(=O)c1ccc(Br)c(O)c1. The molecule has 1 amide bonds. The van der Waals surface area contributed by atoms with Crippen LogP contribution in [0.3, 0.4) is 0 Å². The van der Waals surface area contributed by atoms with E-state index >= 15 is 0 Å². The Labute approximate surface area is 115 Å². The molecule has 0 aliphatic carbocycles. The first-order chi connectivity index (χ1) is 8.24. The average Bonchev–Trinajstić information content (AvgIpc) is 2.29. The molecule has 0 radical (unpaired) electrons. The van der Waals surface area contributed by atoms with Crippen molar-refractivity contribution in [2.45, 2.75) is 26.4 Å². The Morgan fingerprint density at radius 1 is 1.50 bits per heavy atom. The highest BCUT2D eigenvalue weighted by Gasteiger charge is 2.25. The topological polar surface area (TPSA) is 69.6 Å². The highest BCUT2D eigenvalue weighted by molar-refractivity contribution is 9.10. The summed E-state index contributed by atoms with van der Waals surface area (Å²) < 4.78 is 0.535. The second kappa shape index (κ2) is 5.71. The molecule has 0 bridgehead atoms. The molecule has 0 aliphatic rings. The van der Waals surface area contributed by atoms with E-state index in [0.717, 1.165) is 0 Å². The van der Waals surface area contributed by atoms with E-state index in [0.29, 0.717) is 10.0 Å². The molecule has 1 atom stereocenters. The minimum atomic E-state index is -0.951. The highest BCUT2D eigenvalue weighted by Crippen LogP contribution is 2.24. The number of hydrogen-bond acceptors (Lipinski definition) is 3. The summed E-state index contributed by atoms with van der Waals surface area (Å²) in [6.45, 7) is 5.62. The Balaban J connectivity index is 2.69. The van der Waals surface area contributed by atoms with Gasteiger partial charge in [-0.15, -0.1) is 0 Å². The number of nitrogens with one attached hydrogen (secondary N) is 1. The van der Waals surface area contributed by atoms with Gasteiger partial charge in [0.15, 0.2) is 0 Å². The van der Waals surface area contributed by atoms with Crippen LogP contribution in [-0.2, 0) is 0 Å². The maximum atomic E-state index is 11.8. The van der Waals surface area contributed by atoms with Crippen molar-refractivity contribution in [3.05, 3.63) is 28.2 Å². The summed E-state index contributed by atoms with van der Waals surface area (Å²) in [4.78, 5) is 11.8. The normalized spacial score (nSPS) is 14.3. The van der Waals surface area contributed by atoms with E-state index in [9.17, 15) is 15.0 Å². The molecule has 0 fully saturated rings. The van der Waals surface area contributed by atoms with Gasteiger partial charge in [0.2, 0.25) is 0 Å². The number of phenolic OH excluding ortho intramolecular Hbond substituents is 1. The third-order valence-electron chi connectivity index (χ3n) is 3.06.